The van der Waals surface area contributed by atoms with Crippen LogP contribution in [0.2, 0.25) is 0 Å². The fraction of sp³-hybridized carbons (Fsp3) is 0.364. The van der Waals surface area contributed by atoms with Crippen molar-refractivity contribution in [2.75, 3.05) is 43.5 Å². The number of nitro groups is 1. The minimum absolute atomic E-state index is 0.115. The van der Waals surface area contributed by atoms with Crippen LogP contribution in [0.3, 0.4) is 0 Å². The summed E-state index contributed by atoms with van der Waals surface area (Å²) >= 11 is 0. The Balaban J connectivity index is 1.51. The van der Waals surface area contributed by atoms with Crippen molar-refractivity contribution in [3.63, 3.8) is 0 Å². The maximum Gasteiger partial charge on any atom is 0.337 e. The summed E-state index contributed by atoms with van der Waals surface area (Å²) in [6.07, 6.45) is 0.254. The van der Waals surface area contributed by atoms with E-state index in [0.29, 0.717) is 12.1 Å². The zero-order valence-corrected chi connectivity index (χ0v) is 17.6. The Morgan fingerprint density at radius 2 is 1.87 bits per heavy atom. The van der Waals surface area contributed by atoms with Crippen molar-refractivity contribution in [2.24, 2.45) is 0 Å². The molecule has 1 amide bonds. The first-order valence-electron chi connectivity index (χ1n) is 10.1. The number of nitrogens with zero attached hydrogens (tertiary/aromatic N) is 3. The zero-order valence-electron chi connectivity index (χ0n) is 17.6. The van der Waals surface area contributed by atoms with E-state index in [9.17, 15) is 19.7 Å². The topological polar surface area (TPSA) is 105 Å². The Morgan fingerprint density at radius 3 is 2.52 bits per heavy atom. The molecule has 1 atom stereocenters. The average Bonchev–Trinajstić information content (AvgIpc) is 2.78. The SMILES string of the molecule is COC(=O)c1ccc(N2CCN(CCC(=O)Nc3ccccc3[N+](=O)[O-])C(C)C2)cc1. The van der Waals surface area contributed by atoms with Gasteiger partial charge in [0.05, 0.1) is 17.6 Å². The molecule has 3 rings (SSSR count). The summed E-state index contributed by atoms with van der Waals surface area (Å²) < 4.78 is 4.73. The lowest BCUT2D eigenvalue weighted by atomic mass is 10.1. The van der Waals surface area contributed by atoms with Crippen molar-refractivity contribution in [1.29, 1.82) is 0 Å². The van der Waals surface area contributed by atoms with E-state index < -0.39 is 4.92 Å². The van der Waals surface area contributed by atoms with E-state index >= 15 is 0 Å². The van der Waals surface area contributed by atoms with Crippen LogP contribution in [-0.4, -0.2) is 61.0 Å². The molecule has 0 bridgehead atoms. The smallest absolute Gasteiger partial charge is 0.337 e. The molecule has 1 aliphatic rings. The van der Waals surface area contributed by atoms with Crippen LogP contribution in [0.15, 0.2) is 48.5 Å². The highest BCUT2D eigenvalue weighted by Gasteiger charge is 2.24. The lowest BCUT2D eigenvalue weighted by Crippen LogP contribution is -2.52. The maximum atomic E-state index is 12.3. The summed E-state index contributed by atoms with van der Waals surface area (Å²) in [6, 6.07) is 13.7. The first kappa shape index (κ1) is 22.2. The zero-order chi connectivity index (χ0) is 22.4. The summed E-state index contributed by atoms with van der Waals surface area (Å²) in [5, 5.41) is 13.7. The average molecular weight is 426 g/mol. The molecule has 2 aromatic carbocycles. The van der Waals surface area contributed by atoms with Crippen LogP contribution < -0.4 is 10.2 Å². The number of carbonyl (C=O) groups excluding carboxylic acids is 2. The molecule has 2 aromatic rings. The fourth-order valence-corrected chi connectivity index (χ4v) is 3.68. The monoisotopic (exact) mass is 426 g/mol. The van der Waals surface area contributed by atoms with Gasteiger partial charge in [0, 0.05) is 50.4 Å². The first-order chi connectivity index (χ1) is 14.9. The van der Waals surface area contributed by atoms with Crippen molar-refractivity contribution in [3.05, 3.63) is 64.2 Å². The fourth-order valence-electron chi connectivity index (χ4n) is 3.68. The van der Waals surface area contributed by atoms with Crippen molar-refractivity contribution >= 4 is 28.9 Å². The number of piperazine rings is 1. The molecule has 0 spiro atoms. The second kappa shape index (κ2) is 10.0. The molecule has 9 nitrogen and oxygen atoms in total. The van der Waals surface area contributed by atoms with Gasteiger partial charge >= 0.3 is 5.97 Å². The third-order valence-electron chi connectivity index (χ3n) is 5.42. The van der Waals surface area contributed by atoms with Gasteiger partial charge in [-0.25, -0.2) is 4.79 Å². The standard InChI is InChI=1S/C22H26N4O5/c1-16-15-25(18-9-7-17(8-10-18)22(28)31-2)14-13-24(16)12-11-21(27)23-19-5-3-4-6-20(19)26(29)30/h3-10,16H,11-15H2,1-2H3,(H,23,27). The summed E-state index contributed by atoms with van der Waals surface area (Å²) in [7, 11) is 1.36. The van der Waals surface area contributed by atoms with Gasteiger partial charge in [-0.2, -0.15) is 0 Å². The molecule has 0 aliphatic carbocycles. The van der Waals surface area contributed by atoms with Crippen LogP contribution >= 0.6 is 0 Å². The van der Waals surface area contributed by atoms with Gasteiger partial charge in [-0.05, 0) is 37.3 Å². The van der Waals surface area contributed by atoms with Gasteiger partial charge in [0.15, 0.2) is 0 Å². The number of benzene rings is 2. The number of para-hydroxylation sites is 2. The van der Waals surface area contributed by atoms with E-state index in [2.05, 4.69) is 22.0 Å². The Morgan fingerprint density at radius 1 is 1.16 bits per heavy atom. The van der Waals surface area contributed by atoms with Gasteiger partial charge in [-0.1, -0.05) is 12.1 Å². The van der Waals surface area contributed by atoms with Crippen LogP contribution in [0.25, 0.3) is 0 Å². The van der Waals surface area contributed by atoms with E-state index in [0.717, 1.165) is 25.3 Å². The van der Waals surface area contributed by atoms with Gasteiger partial charge < -0.3 is 15.0 Å². The van der Waals surface area contributed by atoms with Gasteiger partial charge in [-0.3, -0.25) is 19.8 Å². The van der Waals surface area contributed by atoms with Crippen LogP contribution in [0, 0.1) is 10.1 Å². The highest BCUT2D eigenvalue weighted by atomic mass is 16.6. The highest BCUT2D eigenvalue weighted by molar-refractivity contribution is 5.93. The largest absolute Gasteiger partial charge is 0.465 e. The van der Waals surface area contributed by atoms with Crippen LogP contribution in [0.4, 0.5) is 17.1 Å². The molecule has 1 N–H and O–H groups in total. The molecule has 1 saturated heterocycles. The normalized spacial score (nSPS) is 16.6. The van der Waals surface area contributed by atoms with Gasteiger partial charge in [0.25, 0.3) is 5.69 Å². The van der Waals surface area contributed by atoms with Crippen molar-refractivity contribution in [1.82, 2.24) is 4.90 Å². The molecular formula is C22H26N4O5. The number of amides is 1. The number of nitro benzene ring substituents is 1. The quantitative estimate of drug-likeness (QED) is 0.412. The predicted octanol–water partition coefficient (Wildman–Crippen LogP) is 2.92. The highest BCUT2D eigenvalue weighted by Crippen LogP contribution is 2.24. The first-order valence-corrected chi connectivity index (χ1v) is 10.1. The van der Waals surface area contributed by atoms with Gasteiger partial charge in [0.2, 0.25) is 5.91 Å². The number of hydrogen-bond acceptors (Lipinski definition) is 7. The van der Waals surface area contributed by atoms with Gasteiger partial charge in [-0.15, -0.1) is 0 Å². The van der Waals surface area contributed by atoms with Crippen molar-refractivity contribution < 1.29 is 19.2 Å². The number of methoxy groups -OCH3 is 1. The van der Waals surface area contributed by atoms with E-state index in [1.54, 1.807) is 24.3 Å². The van der Waals surface area contributed by atoms with Crippen LogP contribution in [0.1, 0.15) is 23.7 Å². The predicted molar refractivity (Wildman–Crippen MR) is 117 cm³/mol. The van der Waals surface area contributed by atoms with E-state index in [4.69, 9.17) is 4.74 Å². The number of anilines is 2. The third-order valence-corrected chi connectivity index (χ3v) is 5.42. The second-order valence-electron chi connectivity index (χ2n) is 7.44. The number of rotatable bonds is 7. The lowest BCUT2D eigenvalue weighted by Gasteiger charge is -2.41. The molecule has 9 heteroatoms. The van der Waals surface area contributed by atoms with Crippen molar-refractivity contribution in [3.8, 4) is 0 Å². The van der Waals surface area contributed by atoms with E-state index in [-0.39, 0.29) is 35.7 Å². The number of hydrogen-bond donors (Lipinski definition) is 1. The van der Waals surface area contributed by atoms with E-state index in [1.807, 2.05) is 12.1 Å². The number of carbonyl (C=O) groups is 2. The Bertz CT molecular complexity index is 947. The second-order valence-corrected chi connectivity index (χ2v) is 7.44. The molecular weight excluding hydrogens is 400 g/mol. The van der Waals surface area contributed by atoms with Crippen molar-refractivity contribution in [2.45, 2.75) is 19.4 Å². The molecule has 164 valence electrons. The van der Waals surface area contributed by atoms with Crippen LogP contribution in [0.5, 0.6) is 0 Å². The Hall–Kier alpha value is -3.46. The molecule has 1 fully saturated rings. The molecule has 0 radical (unpaired) electrons. The summed E-state index contributed by atoms with van der Waals surface area (Å²) in [5.41, 5.74) is 1.65. The molecule has 1 heterocycles. The molecule has 1 aliphatic heterocycles. The lowest BCUT2D eigenvalue weighted by molar-refractivity contribution is -0.383. The minimum Gasteiger partial charge on any atom is -0.465 e. The Kier molecular flexibility index (Phi) is 7.19. The third kappa shape index (κ3) is 5.58. The van der Waals surface area contributed by atoms with E-state index in [1.165, 1.54) is 19.2 Å². The number of ether oxygens (including phenoxy) is 1. The van der Waals surface area contributed by atoms with Gasteiger partial charge in [0.1, 0.15) is 5.69 Å². The molecule has 0 saturated carbocycles. The molecule has 31 heavy (non-hydrogen) atoms. The molecule has 0 aromatic heterocycles. The maximum absolute atomic E-state index is 12.3. The Labute approximate surface area is 180 Å². The van der Waals surface area contributed by atoms with Crippen LogP contribution in [-0.2, 0) is 9.53 Å². The number of esters is 1. The summed E-state index contributed by atoms with van der Waals surface area (Å²) in [5.74, 6) is -0.605. The summed E-state index contributed by atoms with van der Waals surface area (Å²) in [4.78, 5) is 39.0. The molecule has 1 unspecified atom stereocenters. The summed E-state index contributed by atoms with van der Waals surface area (Å²) in [6.45, 7) is 5.06. The minimum atomic E-state index is -0.505. The number of nitrogens with one attached hydrogen (secondary N) is 1.